The zero-order valence-electron chi connectivity index (χ0n) is 11.2. The number of para-hydroxylation sites is 1. The van der Waals surface area contributed by atoms with Gasteiger partial charge >= 0.3 is 0 Å². The predicted octanol–water partition coefficient (Wildman–Crippen LogP) is 3.61. The molecule has 1 fully saturated rings. The van der Waals surface area contributed by atoms with Gasteiger partial charge in [-0.15, -0.1) is 0 Å². The van der Waals surface area contributed by atoms with E-state index in [0.29, 0.717) is 0 Å². The molecule has 0 amide bonds. The number of benzene rings is 1. The lowest BCUT2D eigenvalue weighted by molar-refractivity contribution is 0.240. The van der Waals surface area contributed by atoms with Crippen molar-refractivity contribution in [3.8, 4) is 5.75 Å². The molecule has 2 N–H and O–H groups in total. The van der Waals surface area contributed by atoms with Gasteiger partial charge < -0.3 is 10.5 Å². The molecular formula is C16H25NO. The van der Waals surface area contributed by atoms with Crippen LogP contribution in [-0.2, 0) is 0 Å². The minimum Gasteiger partial charge on any atom is -0.494 e. The van der Waals surface area contributed by atoms with Crippen LogP contribution in [-0.4, -0.2) is 13.2 Å². The normalized spacial score (nSPS) is 23.8. The van der Waals surface area contributed by atoms with Gasteiger partial charge in [0.2, 0.25) is 0 Å². The Morgan fingerprint density at radius 1 is 1.00 bits per heavy atom. The van der Waals surface area contributed by atoms with Gasteiger partial charge in [-0.1, -0.05) is 31.0 Å². The van der Waals surface area contributed by atoms with Crippen molar-refractivity contribution in [3.05, 3.63) is 30.3 Å². The fourth-order valence-electron chi connectivity index (χ4n) is 2.83. The maximum Gasteiger partial charge on any atom is 0.119 e. The van der Waals surface area contributed by atoms with Crippen molar-refractivity contribution < 1.29 is 4.74 Å². The van der Waals surface area contributed by atoms with Crippen LogP contribution in [0.4, 0.5) is 0 Å². The van der Waals surface area contributed by atoms with Crippen molar-refractivity contribution in [2.24, 2.45) is 17.6 Å². The van der Waals surface area contributed by atoms with Gasteiger partial charge in [-0.3, -0.25) is 0 Å². The average Bonchev–Trinajstić information content (AvgIpc) is 2.45. The van der Waals surface area contributed by atoms with Gasteiger partial charge in [0.25, 0.3) is 0 Å². The van der Waals surface area contributed by atoms with E-state index in [0.717, 1.165) is 30.7 Å². The van der Waals surface area contributed by atoms with E-state index in [-0.39, 0.29) is 0 Å². The van der Waals surface area contributed by atoms with Crippen LogP contribution < -0.4 is 10.5 Å². The maximum atomic E-state index is 5.72. The van der Waals surface area contributed by atoms with E-state index in [1.54, 1.807) is 0 Å². The van der Waals surface area contributed by atoms with Crippen LogP contribution in [0.25, 0.3) is 0 Å². The molecule has 0 aliphatic heterocycles. The lowest BCUT2D eigenvalue weighted by Gasteiger charge is -2.27. The molecule has 0 unspecified atom stereocenters. The van der Waals surface area contributed by atoms with Gasteiger partial charge in [0.1, 0.15) is 5.75 Å². The van der Waals surface area contributed by atoms with Gasteiger partial charge in [-0.2, -0.15) is 0 Å². The number of rotatable bonds is 6. The van der Waals surface area contributed by atoms with E-state index in [1.165, 1.54) is 38.5 Å². The molecule has 0 atom stereocenters. The Morgan fingerprint density at radius 2 is 1.67 bits per heavy atom. The van der Waals surface area contributed by atoms with Crippen LogP contribution in [0.5, 0.6) is 5.75 Å². The van der Waals surface area contributed by atoms with Gasteiger partial charge in [-0.05, 0) is 56.2 Å². The zero-order chi connectivity index (χ0) is 12.6. The number of hydrogen-bond donors (Lipinski definition) is 1. The maximum absolute atomic E-state index is 5.72. The van der Waals surface area contributed by atoms with Crippen molar-refractivity contribution in [1.29, 1.82) is 0 Å². The Hall–Kier alpha value is -1.02. The second-order valence-corrected chi connectivity index (χ2v) is 5.43. The number of nitrogens with two attached hydrogens (primary N) is 1. The highest BCUT2D eigenvalue weighted by Gasteiger charge is 2.19. The van der Waals surface area contributed by atoms with Crippen molar-refractivity contribution >= 4 is 0 Å². The van der Waals surface area contributed by atoms with Crippen molar-refractivity contribution in [1.82, 2.24) is 0 Å². The fourth-order valence-corrected chi connectivity index (χ4v) is 2.83. The van der Waals surface area contributed by atoms with E-state index < -0.39 is 0 Å². The van der Waals surface area contributed by atoms with Crippen molar-refractivity contribution in [2.75, 3.05) is 13.2 Å². The minimum absolute atomic E-state index is 0.793. The predicted molar refractivity (Wildman–Crippen MR) is 75.7 cm³/mol. The molecule has 0 spiro atoms. The third kappa shape index (κ3) is 4.34. The lowest BCUT2D eigenvalue weighted by atomic mass is 9.80. The van der Waals surface area contributed by atoms with Gasteiger partial charge in [0.15, 0.2) is 0 Å². The summed E-state index contributed by atoms with van der Waals surface area (Å²) >= 11 is 0. The van der Waals surface area contributed by atoms with Crippen LogP contribution in [0.3, 0.4) is 0 Å². The summed E-state index contributed by atoms with van der Waals surface area (Å²) in [5.41, 5.74) is 5.71. The Labute approximate surface area is 111 Å². The minimum atomic E-state index is 0.793. The first-order valence-corrected chi connectivity index (χ1v) is 7.26. The number of ether oxygens (including phenoxy) is 1. The molecule has 1 aliphatic carbocycles. The molecule has 2 heteroatoms. The molecule has 0 aromatic heterocycles. The summed E-state index contributed by atoms with van der Waals surface area (Å²) in [5.74, 6) is 2.69. The lowest BCUT2D eigenvalue weighted by Crippen LogP contribution is -2.21. The summed E-state index contributed by atoms with van der Waals surface area (Å²) in [6.07, 6.45) is 7.89. The third-order valence-electron chi connectivity index (χ3n) is 4.07. The second kappa shape index (κ2) is 7.42. The molecule has 1 aromatic rings. The SMILES string of the molecule is NC[C@H]1CC[C@@H](CCCOc2ccccc2)CC1. The Balaban J connectivity index is 1.56. The van der Waals surface area contributed by atoms with Gasteiger partial charge in [0, 0.05) is 0 Å². The Morgan fingerprint density at radius 3 is 2.33 bits per heavy atom. The molecule has 2 nitrogen and oxygen atoms in total. The topological polar surface area (TPSA) is 35.2 Å². The van der Waals surface area contributed by atoms with Crippen LogP contribution in [0.1, 0.15) is 38.5 Å². The number of hydrogen-bond acceptors (Lipinski definition) is 2. The van der Waals surface area contributed by atoms with Crippen molar-refractivity contribution in [3.63, 3.8) is 0 Å². The van der Waals surface area contributed by atoms with Gasteiger partial charge in [-0.25, -0.2) is 0 Å². The summed E-state index contributed by atoms with van der Waals surface area (Å²) in [6.45, 7) is 1.73. The Kier molecular flexibility index (Phi) is 5.53. The van der Waals surface area contributed by atoms with E-state index in [9.17, 15) is 0 Å². The van der Waals surface area contributed by atoms with Gasteiger partial charge in [0.05, 0.1) is 6.61 Å². The molecule has 1 saturated carbocycles. The highest BCUT2D eigenvalue weighted by atomic mass is 16.5. The molecule has 0 heterocycles. The average molecular weight is 247 g/mol. The largest absolute Gasteiger partial charge is 0.494 e. The highest BCUT2D eigenvalue weighted by molar-refractivity contribution is 5.20. The molecule has 100 valence electrons. The van der Waals surface area contributed by atoms with E-state index in [4.69, 9.17) is 10.5 Å². The first-order chi connectivity index (χ1) is 8.88. The van der Waals surface area contributed by atoms with Crippen LogP contribution in [0.15, 0.2) is 30.3 Å². The summed E-state index contributed by atoms with van der Waals surface area (Å²) in [4.78, 5) is 0. The van der Waals surface area contributed by atoms with Crippen LogP contribution >= 0.6 is 0 Å². The molecule has 0 saturated heterocycles. The van der Waals surface area contributed by atoms with E-state index >= 15 is 0 Å². The zero-order valence-corrected chi connectivity index (χ0v) is 11.2. The van der Waals surface area contributed by atoms with Crippen LogP contribution in [0, 0.1) is 11.8 Å². The standard InChI is InChI=1S/C16H25NO/c17-13-15-10-8-14(9-11-15)5-4-12-18-16-6-2-1-3-7-16/h1-3,6-7,14-15H,4-5,8-13,17H2/t14-,15+. The third-order valence-corrected chi connectivity index (χ3v) is 4.07. The fraction of sp³-hybridized carbons (Fsp3) is 0.625. The Bertz CT molecular complexity index is 317. The van der Waals surface area contributed by atoms with E-state index in [1.807, 2.05) is 30.3 Å². The first-order valence-electron chi connectivity index (χ1n) is 7.26. The molecular weight excluding hydrogens is 222 g/mol. The highest BCUT2D eigenvalue weighted by Crippen LogP contribution is 2.30. The monoisotopic (exact) mass is 247 g/mol. The summed E-state index contributed by atoms with van der Waals surface area (Å²) in [7, 11) is 0. The second-order valence-electron chi connectivity index (χ2n) is 5.43. The molecule has 0 bridgehead atoms. The van der Waals surface area contributed by atoms with Crippen molar-refractivity contribution in [2.45, 2.75) is 38.5 Å². The van der Waals surface area contributed by atoms with Crippen LogP contribution in [0.2, 0.25) is 0 Å². The molecule has 0 radical (unpaired) electrons. The van der Waals surface area contributed by atoms with E-state index in [2.05, 4.69) is 0 Å². The molecule has 1 aliphatic rings. The molecule has 1 aromatic carbocycles. The first kappa shape index (κ1) is 13.4. The smallest absolute Gasteiger partial charge is 0.119 e. The molecule has 18 heavy (non-hydrogen) atoms. The quantitative estimate of drug-likeness (QED) is 0.779. The summed E-state index contributed by atoms with van der Waals surface area (Å²) in [5, 5.41) is 0. The summed E-state index contributed by atoms with van der Waals surface area (Å²) in [6, 6.07) is 10.1. The summed E-state index contributed by atoms with van der Waals surface area (Å²) < 4.78 is 5.72. The molecule has 2 rings (SSSR count).